The van der Waals surface area contributed by atoms with Crippen molar-refractivity contribution in [2.75, 3.05) is 0 Å². The van der Waals surface area contributed by atoms with Crippen LogP contribution in [-0.4, -0.2) is 17.2 Å². The Balaban J connectivity index is 1.15. The number of aromatic nitrogens is 2. The molecule has 0 saturated heterocycles. The summed E-state index contributed by atoms with van der Waals surface area (Å²) in [7, 11) is -2.88. The van der Waals surface area contributed by atoms with E-state index in [2.05, 4.69) is 221 Å². The first-order valence-corrected chi connectivity index (χ1v) is 22.3. The highest BCUT2D eigenvalue weighted by Gasteiger charge is 2.49. The molecule has 1 aliphatic carbocycles. The van der Waals surface area contributed by atoms with Gasteiger partial charge in [0.2, 0.25) is 0 Å². The summed E-state index contributed by atoms with van der Waals surface area (Å²) in [5.41, 5.74) is 10.6. The van der Waals surface area contributed by atoms with E-state index in [9.17, 15) is 0 Å². The fourth-order valence-corrected chi connectivity index (χ4v) is 15.9. The Bertz CT molecular complexity index is 3320. The molecule has 1 atom stereocenters. The molecular formula is C54H38N2OSi. The third-order valence-electron chi connectivity index (χ3n) is 12.7. The van der Waals surface area contributed by atoms with Crippen molar-refractivity contribution in [3.63, 3.8) is 0 Å². The molecule has 0 amide bonds. The monoisotopic (exact) mass is 758 g/mol. The first-order chi connectivity index (χ1) is 28.8. The fraction of sp³-hybridized carbons (Fsp3) is 0.0370. The lowest BCUT2D eigenvalue weighted by Crippen LogP contribution is -2.71. The molecule has 12 rings (SSSR count). The van der Waals surface area contributed by atoms with Crippen molar-refractivity contribution in [3.05, 3.63) is 218 Å². The van der Waals surface area contributed by atoms with E-state index in [-0.39, 0.29) is 5.54 Å². The zero-order valence-electron chi connectivity index (χ0n) is 31.8. The van der Waals surface area contributed by atoms with Crippen LogP contribution in [0.15, 0.2) is 211 Å². The number of furan rings is 1. The maximum atomic E-state index is 6.71. The van der Waals surface area contributed by atoms with E-state index in [4.69, 9.17) is 4.42 Å². The maximum absolute atomic E-state index is 6.71. The lowest BCUT2D eigenvalue weighted by Gasteiger charge is -2.42. The highest BCUT2D eigenvalue weighted by atomic mass is 28.3. The molecule has 0 aliphatic heterocycles. The molecule has 0 radical (unpaired) electrons. The van der Waals surface area contributed by atoms with Crippen LogP contribution in [0.1, 0.15) is 23.2 Å². The van der Waals surface area contributed by atoms with E-state index in [1.807, 2.05) is 0 Å². The molecule has 0 spiro atoms. The molecule has 1 unspecified atom stereocenters. The predicted octanol–water partition coefficient (Wildman–Crippen LogP) is 11.8. The van der Waals surface area contributed by atoms with Crippen molar-refractivity contribution in [2.24, 2.45) is 0 Å². The first-order valence-electron chi connectivity index (χ1n) is 20.2. The molecule has 58 heavy (non-hydrogen) atoms. The third-order valence-corrected chi connectivity index (χ3v) is 18.0. The Morgan fingerprint density at radius 3 is 1.67 bits per heavy atom. The van der Waals surface area contributed by atoms with Crippen molar-refractivity contribution < 1.29 is 4.42 Å². The van der Waals surface area contributed by atoms with Crippen molar-refractivity contribution in [1.82, 2.24) is 9.13 Å². The number of hydrogen-bond donors (Lipinski definition) is 0. The summed E-state index contributed by atoms with van der Waals surface area (Å²) in [6, 6.07) is 74.0. The van der Waals surface area contributed by atoms with Crippen LogP contribution in [0, 0.1) is 0 Å². The van der Waals surface area contributed by atoms with Crippen LogP contribution in [0.2, 0.25) is 0 Å². The molecule has 0 saturated carbocycles. The van der Waals surface area contributed by atoms with Crippen molar-refractivity contribution in [3.8, 4) is 11.4 Å². The largest absolute Gasteiger partial charge is 0.454 e. The minimum absolute atomic E-state index is 0.194. The van der Waals surface area contributed by atoms with Gasteiger partial charge in [0.15, 0.2) is 13.7 Å². The van der Waals surface area contributed by atoms with Gasteiger partial charge in [0, 0.05) is 55.1 Å². The van der Waals surface area contributed by atoms with Crippen LogP contribution in [0.4, 0.5) is 0 Å². The van der Waals surface area contributed by atoms with E-state index in [0.717, 1.165) is 39.6 Å². The van der Waals surface area contributed by atoms with Gasteiger partial charge in [-0.15, -0.1) is 0 Å². The maximum Gasteiger partial charge on any atom is 0.160 e. The highest BCUT2D eigenvalue weighted by Crippen LogP contribution is 2.44. The number of benzene rings is 8. The number of para-hydroxylation sites is 4. The summed E-state index contributed by atoms with van der Waals surface area (Å²) in [5, 5.41) is 10.2. The summed E-state index contributed by atoms with van der Waals surface area (Å²) in [6.07, 6.45) is 5.76. The van der Waals surface area contributed by atoms with Gasteiger partial charge < -0.3 is 13.6 Å². The van der Waals surface area contributed by atoms with Crippen LogP contribution < -0.4 is 15.6 Å². The highest BCUT2D eigenvalue weighted by molar-refractivity contribution is 7.12. The Morgan fingerprint density at radius 1 is 0.431 bits per heavy atom. The minimum Gasteiger partial charge on any atom is -0.454 e. The normalized spacial score (nSPS) is 14.2. The SMILES string of the molecule is C1=Cc2c(n(-c3ccccc3)c3ccccc23)C([Si](c2ccccc2)(c2ccccc2)c2ccc(-n3c4ccccc4c4ccc5c6ccccc6oc5c43)cc2)C1. The Labute approximate surface area is 337 Å². The summed E-state index contributed by atoms with van der Waals surface area (Å²) in [6.45, 7) is 0. The topological polar surface area (TPSA) is 23.0 Å². The average molecular weight is 759 g/mol. The number of nitrogens with zero attached hydrogens (tertiary/aromatic N) is 2. The van der Waals surface area contributed by atoms with E-state index >= 15 is 0 Å². The molecular weight excluding hydrogens is 721 g/mol. The number of hydrogen-bond acceptors (Lipinski definition) is 1. The molecule has 1 aliphatic rings. The summed E-state index contributed by atoms with van der Waals surface area (Å²) < 4.78 is 11.7. The number of fused-ring (bicyclic) bond motifs is 10. The molecule has 274 valence electrons. The van der Waals surface area contributed by atoms with Gasteiger partial charge in [-0.1, -0.05) is 164 Å². The van der Waals surface area contributed by atoms with Crippen LogP contribution >= 0.6 is 0 Å². The van der Waals surface area contributed by atoms with Gasteiger partial charge in [-0.25, -0.2) is 0 Å². The third kappa shape index (κ3) is 4.67. The van der Waals surface area contributed by atoms with Gasteiger partial charge >= 0.3 is 0 Å². The Kier molecular flexibility index (Phi) is 7.38. The molecule has 0 bridgehead atoms. The van der Waals surface area contributed by atoms with Crippen LogP contribution in [0.3, 0.4) is 0 Å². The van der Waals surface area contributed by atoms with E-state index in [1.165, 1.54) is 59.7 Å². The summed E-state index contributed by atoms with van der Waals surface area (Å²) >= 11 is 0. The number of rotatable bonds is 6. The summed E-state index contributed by atoms with van der Waals surface area (Å²) in [5.74, 6) is 0. The van der Waals surface area contributed by atoms with E-state index in [0.29, 0.717) is 0 Å². The molecule has 3 nitrogen and oxygen atoms in total. The minimum atomic E-state index is -2.88. The quantitative estimate of drug-likeness (QED) is 0.122. The van der Waals surface area contributed by atoms with Gasteiger partial charge in [-0.05, 0) is 70.5 Å². The fourth-order valence-electron chi connectivity index (χ4n) is 10.4. The lowest BCUT2D eigenvalue weighted by molar-refractivity contribution is 0.671. The van der Waals surface area contributed by atoms with Crippen molar-refractivity contribution in [1.29, 1.82) is 0 Å². The number of allylic oxidation sites excluding steroid dienone is 1. The smallest absolute Gasteiger partial charge is 0.160 e. The van der Waals surface area contributed by atoms with Gasteiger partial charge in [0.1, 0.15) is 5.58 Å². The zero-order valence-corrected chi connectivity index (χ0v) is 32.8. The Morgan fingerprint density at radius 2 is 0.966 bits per heavy atom. The molecule has 4 heteroatoms. The zero-order chi connectivity index (χ0) is 38.2. The first kappa shape index (κ1) is 33.0. The van der Waals surface area contributed by atoms with Crippen LogP contribution in [0.25, 0.3) is 72.1 Å². The second kappa shape index (κ2) is 13.0. The van der Waals surface area contributed by atoms with Crippen LogP contribution in [-0.2, 0) is 0 Å². The second-order valence-corrected chi connectivity index (χ2v) is 19.6. The standard InChI is InChI=1S/C54H38N2OSi/c1-4-17-37(18-5-1)55-48-27-13-10-23-42(48)45-26-16-30-51(52(45)55)58(39-19-6-2-7-20-39,40-21-8-3-9-22-40)41-33-31-38(32-34-41)56-49-28-14-11-24-43(49)46-35-36-47-44-25-12-15-29-50(44)57-54(47)53(46)56/h1-29,31-36,51H,30H2. The predicted molar refractivity (Wildman–Crippen MR) is 245 cm³/mol. The van der Waals surface area contributed by atoms with E-state index < -0.39 is 8.07 Å². The molecule has 0 fully saturated rings. The molecule has 3 heterocycles. The average Bonchev–Trinajstić information content (AvgIpc) is 3.96. The molecule has 3 aromatic heterocycles. The van der Waals surface area contributed by atoms with Crippen molar-refractivity contribution >= 4 is 84.4 Å². The van der Waals surface area contributed by atoms with Gasteiger partial charge in [0.05, 0.1) is 16.6 Å². The van der Waals surface area contributed by atoms with Crippen LogP contribution in [0.5, 0.6) is 0 Å². The molecule has 0 N–H and O–H groups in total. The van der Waals surface area contributed by atoms with Gasteiger partial charge in [-0.2, -0.15) is 0 Å². The molecule has 8 aromatic carbocycles. The summed E-state index contributed by atoms with van der Waals surface area (Å²) in [4.78, 5) is 0. The second-order valence-electron chi connectivity index (χ2n) is 15.6. The van der Waals surface area contributed by atoms with Gasteiger partial charge in [-0.3, -0.25) is 0 Å². The molecule has 11 aromatic rings. The lowest BCUT2D eigenvalue weighted by atomic mass is 10.0. The van der Waals surface area contributed by atoms with E-state index in [1.54, 1.807) is 0 Å². The van der Waals surface area contributed by atoms with Gasteiger partial charge in [0.25, 0.3) is 0 Å². The Hall–Kier alpha value is -7.14. The van der Waals surface area contributed by atoms with Crippen molar-refractivity contribution in [2.45, 2.75) is 12.0 Å².